The summed E-state index contributed by atoms with van der Waals surface area (Å²) in [6.07, 6.45) is 0. The molecule has 1 aromatic heterocycles. The molecule has 34 heavy (non-hydrogen) atoms. The molecule has 0 spiro atoms. The molecule has 0 radical (unpaired) electrons. The van der Waals surface area contributed by atoms with Crippen LogP contribution in [0.5, 0.6) is 0 Å². The normalized spacial score (nSPS) is 12.6. The fourth-order valence-corrected chi connectivity index (χ4v) is 3.93. The van der Waals surface area contributed by atoms with Crippen molar-refractivity contribution in [3.05, 3.63) is 84.3 Å². The molecule has 0 aliphatic carbocycles. The Kier molecular flexibility index (Phi) is 6.10. The van der Waals surface area contributed by atoms with Crippen LogP contribution in [0.25, 0.3) is 22.2 Å². The van der Waals surface area contributed by atoms with Crippen molar-refractivity contribution in [3.63, 3.8) is 0 Å². The standard InChI is InChI=1S/C26H24N2O5S/c1-17-10-13-20(14-11-17)34(30,31)33-28-23(24(29)26(2,3)4)25-27-21-16-19(12-15-22(21)32-25)18-8-6-5-7-9-18/h5-16H,1-4H3. The largest absolute Gasteiger partial charge is 0.435 e. The van der Waals surface area contributed by atoms with Gasteiger partial charge >= 0.3 is 10.1 Å². The van der Waals surface area contributed by atoms with Gasteiger partial charge in [-0.25, -0.2) is 4.98 Å². The van der Waals surface area contributed by atoms with Crippen LogP contribution in [0.1, 0.15) is 32.2 Å². The fraction of sp³-hybridized carbons (Fsp3) is 0.192. The Morgan fingerprint density at radius 1 is 0.941 bits per heavy atom. The van der Waals surface area contributed by atoms with E-state index in [1.807, 2.05) is 49.4 Å². The highest BCUT2D eigenvalue weighted by atomic mass is 32.2. The molecule has 0 saturated heterocycles. The molecule has 0 unspecified atom stereocenters. The first-order valence-electron chi connectivity index (χ1n) is 10.6. The molecule has 0 aliphatic rings. The number of ketones is 1. The van der Waals surface area contributed by atoms with E-state index in [1.165, 1.54) is 12.1 Å². The van der Waals surface area contributed by atoms with Gasteiger partial charge in [-0.05, 0) is 42.3 Å². The third-order valence-corrected chi connectivity index (χ3v) is 6.25. The smallest absolute Gasteiger partial charge is 0.358 e. The van der Waals surface area contributed by atoms with Crippen LogP contribution in [-0.4, -0.2) is 24.9 Å². The Hall–Kier alpha value is -3.78. The van der Waals surface area contributed by atoms with Crippen LogP contribution in [0.3, 0.4) is 0 Å². The van der Waals surface area contributed by atoms with Crippen molar-refractivity contribution < 1.29 is 21.9 Å². The van der Waals surface area contributed by atoms with Crippen molar-refractivity contribution >= 4 is 32.7 Å². The van der Waals surface area contributed by atoms with E-state index in [2.05, 4.69) is 10.1 Å². The van der Waals surface area contributed by atoms with Crippen LogP contribution in [0.4, 0.5) is 0 Å². The van der Waals surface area contributed by atoms with E-state index < -0.39 is 21.3 Å². The summed E-state index contributed by atoms with van der Waals surface area (Å²) < 4.78 is 36.0. The zero-order chi connectivity index (χ0) is 24.5. The number of carbonyl (C=O) groups is 1. The molecule has 4 rings (SSSR count). The number of Topliss-reactive ketones (excluding diaryl/α,β-unsaturated/α-hetero) is 1. The summed E-state index contributed by atoms with van der Waals surface area (Å²) >= 11 is 0. The number of rotatable bonds is 6. The van der Waals surface area contributed by atoms with E-state index in [9.17, 15) is 13.2 Å². The highest BCUT2D eigenvalue weighted by Gasteiger charge is 2.32. The Morgan fingerprint density at radius 3 is 2.26 bits per heavy atom. The van der Waals surface area contributed by atoms with E-state index in [-0.39, 0.29) is 16.5 Å². The van der Waals surface area contributed by atoms with Crippen LogP contribution in [0.2, 0.25) is 0 Å². The molecule has 0 bridgehead atoms. The number of oxazole rings is 1. The molecule has 8 heteroatoms. The number of nitrogens with zero attached hydrogens (tertiary/aromatic N) is 2. The Balaban J connectivity index is 1.75. The van der Waals surface area contributed by atoms with Crippen molar-refractivity contribution in [1.29, 1.82) is 0 Å². The third-order valence-electron chi connectivity index (χ3n) is 5.13. The molecule has 3 aromatic carbocycles. The van der Waals surface area contributed by atoms with Gasteiger partial charge in [-0.2, -0.15) is 8.42 Å². The first-order chi connectivity index (χ1) is 16.0. The minimum Gasteiger partial charge on any atom is -0.435 e. The van der Waals surface area contributed by atoms with Gasteiger partial charge in [-0.1, -0.05) is 80.0 Å². The van der Waals surface area contributed by atoms with Gasteiger partial charge < -0.3 is 4.42 Å². The van der Waals surface area contributed by atoms with E-state index in [4.69, 9.17) is 8.70 Å². The molecule has 174 valence electrons. The zero-order valence-corrected chi connectivity index (χ0v) is 20.1. The maximum Gasteiger partial charge on any atom is 0.358 e. The summed E-state index contributed by atoms with van der Waals surface area (Å²) in [6.45, 7) is 6.91. The van der Waals surface area contributed by atoms with Crippen LogP contribution in [-0.2, 0) is 19.2 Å². The summed E-state index contributed by atoms with van der Waals surface area (Å²) in [6, 6.07) is 21.3. The highest BCUT2D eigenvalue weighted by Crippen LogP contribution is 2.27. The van der Waals surface area contributed by atoms with Crippen LogP contribution in [0.15, 0.2) is 87.3 Å². The Morgan fingerprint density at radius 2 is 1.62 bits per heavy atom. The van der Waals surface area contributed by atoms with Crippen molar-refractivity contribution in [2.75, 3.05) is 0 Å². The summed E-state index contributed by atoms with van der Waals surface area (Å²) in [5, 5.41) is 3.73. The lowest BCUT2D eigenvalue weighted by atomic mass is 9.88. The van der Waals surface area contributed by atoms with Gasteiger partial charge in [0.1, 0.15) is 10.4 Å². The van der Waals surface area contributed by atoms with Crippen LogP contribution >= 0.6 is 0 Å². The molecule has 1 heterocycles. The van der Waals surface area contributed by atoms with Crippen molar-refractivity contribution in [2.24, 2.45) is 10.6 Å². The average Bonchev–Trinajstić information content (AvgIpc) is 3.22. The van der Waals surface area contributed by atoms with Crippen LogP contribution < -0.4 is 0 Å². The summed E-state index contributed by atoms with van der Waals surface area (Å²) in [5.41, 5.74) is 2.57. The van der Waals surface area contributed by atoms with Crippen molar-refractivity contribution in [1.82, 2.24) is 4.98 Å². The molecule has 0 atom stereocenters. The SMILES string of the molecule is Cc1ccc(S(=O)(=O)ON=C(C(=O)C(C)(C)C)c2nc3cc(-c4ccccc4)ccc3o2)cc1. The number of benzene rings is 3. The van der Waals surface area contributed by atoms with Gasteiger partial charge in [0.15, 0.2) is 11.4 Å². The van der Waals surface area contributed by atoms with Crippen LogP contribution in [0, 0.1) is 12.3 Å². The summed E-state index contributed by atoms with van der Waals surface area (Å²) in [7, 11) is -4.24. The molecule has 7 nitrogen and oxygen atoms in total. The Labute approximate surface area is 198 Å². The number of fused-ring (bicyclic) bond motifs is 1. The molecule has 0 fully saturated rings. The fourth-order valence-electron chi connectivity index (χ4n) is 3.21. The third kappa shape index (κ3) is 4.92. The van der Waals surface area contributed by atoms with E-state index in [0.29, 0.717) is 11.1 Å². The van der Waals surface area contributed by atoms with Crippen molar-refractivity contribution in [2.45, 2.75) is 32.6 Å². The molecular formula is C26H24N2O5S. The summed E-state index contributed by atoms with van der Waals surface area (Å²) in [5.74, 6) is -0.583. The first kappa shape index (κ1) is 23.4. The number of hydrogen-bond acceptors (Lipinski definition) is 7. The predicted molar refractivity (Wildman–Crippen MR) is 130 cm³/mol. The average molecular weight is 477 g/mol. The zero-order valence-electron chi connectivity index (χ0n) is 19.3. The lowest BCUT2D eigenvalue weighted by Crippen LogP contribution is -2.30. The highest BCUT2D eigenvalue weighted by molar-refractivity contribution is 7.86. The minimum absolute atomic E-state index is 0.0746. The maximum atomic E-state index is 13.1. The van der Waals surface area contributed by atoms with Crippen molar-refractivity contribution in [3.8, 4) is 11.1 Å². The van der Waals surface area contributed by atoms with Gasteiger partial charge in [0.25, 0.3) is 5.89 Å². The molecule has 0 N–H and O–H groups in total. The predicted octanol–water partition coefficient (Wildman–Crippen LogP) is 5.53. The number of aryl methyl sites for hydroxylation is 1. The van der Waals surface area contributed by atoms with Gasteiger partial charge in [-0.3, -0.25) is 9.08 Å². The van der Waals surface area contributed by atoms with Gasteiger partial charge in [0, 0.05) is 5.41 Å². The van der Waals surface area contributed by atoms with E-state index >= 15 is 0 Å². The van der Waals surface area contributed by atoms with Gasteiger partial charge in [0.2, 0.25) is 5.71 Å². The molecular weight excluding hydrogens is 452 g/mol. The van der Waals surface area contributed by atoms with E-state index in [1.54, 1.807) is 39.0 Å². The molecule has 4 aromatic rings. The number of oxime groups is 1. The maximum absolute atomic E-state index is 13.1. The molecule has 0 saturated carbocycles. The summed E-state index contributed by atoms with van der Waals surface area (Å²) in [4.78, 5) is 17.5. The van der Waals surface area contributed by atoms with Gasteiger partial charge in [-0.15, -0.1) is 0 Å². The minimum atomic E-state index is -4.24. The lowest BCUT2D eigenvalue weighted by molar-refractivity contribution is -0.119. The Bertz CT molecular complexity index is 1480. The molecule has 0 amide bonds. The second-order valence-electron chi connectivity index (χ2n) is 8.93. The second kappa shape index (κ2) is 8.87. The number of hydrogen-bond donors (Lipinski definition) is 0. The van der Waals surface area contributed by atoms with E-state index in [0.717, 1.165) is 16.7 Å². The second-order valence-corrected chi connectivity index (χ2v) is 10.5. The molecule has 0 aliphatic heterocycles. The number of aromatic nitrogens is 1. The quantitative estimate of drug-likeness (QED) is 0.268. The van der Waals surface area contributed by atoms with Gasteiger partial charge in [0.05, 0.1) is 0 Å². The topological polar surface area (TPSA) is 98.8 Å². The monoisotopic (exact) mass is 476 g/mol. The first-order valence-corrected chi connectivity index (χ1v) is 12.0. The number of carbonyl (C=O) groups excluding carboxylic acids is 1. The lowest BCUT2D eigenvalue weighted by Gasteiger charge is -2.15.